The van der Waals surface area contributed by atoms with E-state index in [1.165, 1.54) is 6.92 Å². The number of carboxylic acid groups (broad SMARTS) is 1. The van der Waals surface area contributed by atoms with Gasteiger partial charge in [-0.2, -0.15) is 0 Å². The number of aliphatic carboxylic acids is 1. The number of carboxylic acids is 1. The average molecular weight is 519 g/mol. The minimum Gasteiger partial charge on any atom is -1.00 e. The van der Waals surface area contributed by atoms with Crippen LogP contribution < -0.4 is 34.3 Å². The van der Waals surface area contributed by atoms with Crippen LogP contribution in [0, 0.1) is 5.92 Å². The van der Waals surface area contributed by atoms with Crippen LogP contribution in [0.2, 0.25) is 5.02 Å². The number of ether oxygens (including phenoxy) is 1. The summed E-state index contributed by atoms with van der Waals surface area (Å²) in [6, 6.07) is 8.61. The van der Waals surface area contributed by atoms with Crippen molar-refractivity contribution in [1.82, 2.24) is 0 Å². The molecule has 0 aliphatic carbocycles. The van der Waals surface area contributed by atoms with Crippen LogP contribution in [0.5, 0.6) is 11.5 Å². The third-order valence-electron chi connectivity index (χ3n) is 5.26. The Morgan fingerprint density at radius 2 is 1.94 bits per heavy atom. The Bertz CT molecular complexity index is 991. The summed E-state index contributed by atoms with van der Waals surface area (Å²) >= 11 is 7.93. The first-order valence-electron chi connectivity index (χ1n) is 11.0. The smallest absolute Gasteiger partial charge is 1.00 e. The second kappa shape index (κ2) is 15.0. The number of rotatable bonds is 13. The Morgan fingerprint density at radius 1 is 1.24 bits per heavy atom. The van der Waals surface area contributed by atoms with E-state index in [0.29, 0.717) is 40.5 Å². The zero-order valence-corrected chi connectivity index (χ0v) is 23.7. The average Bonchev–Trinajstić information content (AvgIpc) is 2.75. The van der Waals surface area contributed by atoms with Gasteiger partial charge in [-0.25, -0.2) is 0 Å². The number of benzene rings is 2. The van der Waals surface area contributed by atoms with E-state index in [0.717, 1.165) is 23.5 Å². The van der Waals surface area contributed by atoms with Crippen LogP contribution in [-0.4, -0.2) is 39.4 Å². The molecular weight excluding hydrogens is 487 g/mol. The van der Waals surface area contributed by atoms with Gasteiger partial charge in [0.1, 0.15) is 11.5 Å². The molecule has 0 aliphatic rings. The molecule has 2 rings (SSSR count). The second-order valence-corrected chi connectivity index (χ2v) is 9.55. The Morgan fingerprint density at radius 3 is 2.53 bits per heavy atom. The third-order valence-corrected chi connectivity index (χ3v) is 6.84. The molecule has 2 atom stereocenters. The summed E-state index contributed by atoms with van der Waals surface area (Å²) in [6.07, 6.45) is 1.16. The van der Waals surface area contributed by atoms with Gasteiger partial charge in [0.05, 0.1) is 29.7 Å². The van der Waals surface area contributed by atoms with E-state index >= 15 is 0 Å². The number of aromatic hydroxyl groups is 1. The summed E-state index contributed by atoms with van der Waals surface area (Å²) in [5, 5.41) is 30.2. The molecule has 9 heteroatoms. The number of aliphatic hydroxyl groups is 1. The summed E-state index contributed by atoms with van der Waals surface area (Å²) in [7, 11) is 0. The molecule has 0 saturated carbocycles. The van der Waals surface area contributed by atoms with Crippen LogP contribution in [0.1, 0.15) is 69.0 Å². The van der Waals surface area contributed by atoms with Gasteiger partial charge in [-0.1, -0.05) is 37.9 Å². The number of hydrogen-bond donors (Lipinski definition) is 3. The van der Waals surface area contributed by atoms with Gasteiger partial charge < -0.3 is 21.5 Å². The minimum absolute atomic E-state index is 0. The van der Waals surface area contributed by atoms with Gasteiger partial charge in [-0.3, -0.25) is 9.59 Å². The van der Waals surface area contributed by atoms with Crippen LogP contribution in [0.25, 0.3) is 0 Å². The monoisotopic (exact) mass is 518 g/mol. The molecule has 0 fully saturated rings. The fraction of sp³-hybridized carbons (Fsp3) is 0.440. The van der Waals surface area contributed by atoms with Crippen molar-refractivity contribution in [3.63, 3.8) is 0 Å². The van der Waals surface area contributed by atoms with E-state index in [9.17, 15) is 19.8 Å². The van der Waals surface area contributed by atoms with Gasteiger partial charge in [0, 0.05) is 16.2 Å². The largest absolute Gasteiger partial charge is 1.00 e. The quantitative estimate of drug-likeness (QED) is 0.162. The van der Waals surface area contributed by atoms with Crippen molar-refractivity contribution < 1.29 is 60.6 Å². The van der Waals surface area contributed by atoms with Crippen molar-refractivity contribution in [3.05, 3.63) is 52.0 Å². The molecule has 0 bridgehead atoms. The molecule has 2 unspecified atom stereocenters. The van der Waals surface area contributed by atoms with E-state index in [-0.39, 0.29) is 48.9 Å². The number of carbonyl (C=O) groups is 2. The SMILES string of the molecule is CCCc1c(OCCCSc2ccc(C(O)C(C)CC(=O)O)cc2Cl)ccc(C(C)=O)c1O.[H-].[Na+]. The Hall–Kier alpha value is -1.22. The summed E-state index contributed by atoms with van der Waals surface area (Å²) < 4.78 is 5.88. The summed E-state index contributed by atoms with van der Waals surface area (Å²) in [5.41, 5.74) is 1.56. The summed E-state index contributed by atoms with van der Waals surface area (Å²) in [5.74, 6) is -0.208. The molecule has 0 saturated heterocycles. The maximum atomic E-state index is 11.7. The van der Waals surface area contributed by atoms with Gasteiger partial charge in [0.15, 0.2) is 5.78 Å². The number of thioether (sulfide) groups is 1. The second-order valence-electron chi connectivity index (χ2n) is 8.00. The summed E-state index contributed by atoms with van der Waals surface area (Å²) in [4.78, 5) is 23.4. The van der Waals surface area contributed by atoms with Crippen molar-refractivity contribution in [2.45, 2.75) is 57.5 Å². The predicted octanol–water partition coefficient (Wildman–Crippen LogP) is 3.02. The number of hydrogen-bond acceptors (Lipinski definition) is 6. The molecule has 0 radical (unpaired) electrons. The molecule has 0 heterocycles. The number of carbonyl (C=O) groups excluding carboxylic acids is 1. The molecule has 3 N–H and O–H groups in total. The molecule has 2 aromatic carbocycles. The molecule has 182 valence electrons. The first-order valence-corrected chi connectivity index (χ1v) is 12.3. The zero-order chi connectivity index (χ0) is 24.5. The maximum Gasteiger partial charge on any atom is 1.00 e. The van der Waals surface area contributed by atoms with Gasteiger partial charge in [0.2, 0.25) is 0 Å². The number of aliphatic hydroxyl groups excluding tert-OH is 1. The molecule has 0 spiro atoms. The van der Waals surface area contributed by atoms with Crippen molar-refractivity contribution in [2.75, 3.05) is 12.4 Å². The Labute approximate surface area is 233 Å². The fourth-order valence-electron chi connectivity index (χ4n) is 3.49. The van der Waals surface area contributed by atoms with Gasteiger partial charge in [0.25, 0.3) is 0 Å². The third kappa shape index (κ3) is 8.77. The number of Topliss-reactive ketones (excluding diaryl/α,β-unsaturated/α-hetero) is 1. The maximum absolute atomic E-state index is 11.7. The number of phenols is 1. The summed E-state index contributed by atoms with van der Waals surface area (Å²) in [6.45, 7) is 5.57. The molecule has 34 heavy (non-hydrogen) atoms. The van der Waals surface area contributed by atoms with Crippen LogP contribution >= 0.6 is 23.4 Å². The molecule has 2 aromatic rings. The topological polar surface area (TPSA) is 104 Å². The Kier molecular flexibility index (Phi) is 13.6. The first-order chi connectivity index (χ1) is 15.6. The number of halogens is 1. The molecule has 0 amide bonds. The molecule has 0 aromatic heterocycles. The van der Waals surface area contributed by atoms with Crippen LogP contribution in [-0.2, 0) is 11.2 Å². The van der Waals surface area contributed by atoms with Crippen LogP contribution in [0.3, 0.4) is 0 Å². The van der Waals surface area contributed by atoms with E-state index < -0.39 is 18.0 Å². The van der Waals surface area contributed by atoms with E-state index in [4.69, 9.17) is 21.4 Å². The van der Waals surface area contributed by atoms with Gasteiger partial charge in [-0.05, 0) is 55.5 Å². The minimum atomic E-state index is -0.950. The fourth-order valence-corrected chi connectivity index (χ4v) is 4.68. The molecule has 6 nitrogen and oxygen atoms in total. The number of ketones is 1. The normalized spacial score (nSPS) is 12.5. The van der Waals surface area contributed by atoms with Crippen molar-refractivity contribution >= 4 is 35.1 Å². The Balaban J connectivity index is 0.00000578. The molecule has 0 aliphatic heterocycles. The van der Waals surface area contributed by atoms with Gasteiger partial charge >= 0.3 is 35.5 Å². The van der Waals surface area contributed by atoms with Crippen LogP contribution in [0.15, 0.2) is 35.2 Å². The predicted molar refractivity (Wildman–Crippen MR) is 132 cm³/mol. The van der Waals surface area contributed by atoms with Crippen molar-refractivity contribution in [1.29, 1.82) is 0 Å². The van der Waals surface area contributed by atoms with Crippen molar-refractivity contribution in [3.8, 4) is 11.5 Å². The van der Waals surface area contributed by atoms with Crippen LogP contribution in [0.4, 0.5) is 0 Å². The van der Waals surface area contributed by atoms with Gasteiger partial charge in [-0.15, -0.1) is 11.8 Å². The van der Waals surface area contributed by atoms with Crippen molar-refractivity contribution in [2.24, 2.45) is 5.92 Å². The molecular formula is C25H32ClNaO6S. The standard InChI is InChI=1S/C25H31ClO6S.Na.H/c1-4-6-19-21(9-8-18(16(3)27)25(19)31)32-11-5-12-33-22-10-7-17(14-20(22)26)24(30)15(2)13-23(28)29;;/h7-10,14-15,24,30-31H,4-6,11-13H2,1-3H3,(H,28,29);;/q;+1;-1. The van der Waals surface area contributed by atoms with E-state index in [1.54, 1.807) is 43.0 Å². The number of phenolic OH excluding ortho intramolecular Hbond substituents is 1. The zero-order valence-electron chi connectivity index (χ0n) is 21.1. The first kappa shape index (κ1) is 30.8. The van der Waals surface area contributed by atoms with E-state index in [1.807, 2.05) is 13.0 Å². The van der Waals surface area contributed by atoms with E-state index in [2.05, 4.69) is 0 Å².